The maximum absolute atomic E-state index is 12.8. The number of hydrazine groups is 1. The minimum atomic E-state index is -0.653. The number of halogens is 1. The number of carbonyl (C=O) groups excluding carboxylic acids is 3. The minimum Gasteiger partial charge on any atom is -0.272 e. The molecule has 2 aliphatic rings. The smallest absolute Gasteiger partial charge is 0.271 e. The van der Waals surface area contributed by atoms with Crippen molar-refractivity contribution in [1.82, 2.24) is 10.4 Å². The Morgan fingerprint density at radius 3 is 2.57 bits per heavy atom. The van der Waals surface area contributed by atoms with Crippen LogP contribution in [0.25, 0.3) is 0 Å². The highest BCUT2D eigenvalue weighted by atomic mass is 35.5. The van der Waals surface area contributed by atoms with Crippen LogP contribution in [0.4, 0.5) is 0 Å². The molecule has 0 radical (unpaired) electrons. The van der Waals surface area contributed by atoms with Gasteiger partial charge in [0.1, 0.15) is 0 Å². The molecule has 1 heterocycles. The van der Waals surface area contributed by atoms with Crippen LogP contribution in [0, 0.1) is 16.7 Å². The molecule has 1 aromatic rings. The standard InChI is InChI=1S/C17H19ClN2O3/c1-16(2)11-8-9-17(16,3)15(23)20(14(11)22)19-13(21)10-6-4-5-7-12(10)18/h4-7,11H,8-9H2,1-3H3,(H,19,21)/t11-,17+/m0/s1. The lowest BCUT2D eigenvalue weighted by Crippen LogP contribution is -2.64. The average Bonchev–Trinajstić information content (AvgIpc) is 2.69. The van der Waals surface area contributed by atoms with E-state index in [0.717, 1.165) is 5.01 Å². The van der Waals surface area contributed by atoms with Crippen LogP contribution in [-0.4, -0.2) is 22.7 Å². The maximum Gasteiger partial charge on any atom is 0.271 e. The molecule has 3 amide bonds. The highest BCUT2D eigenvalue weighted by Gasteiger charge is 2.64. The Labute approximate surface area is 140 Å². The topological polar surface area (TPSA) is 66.5 Å². The van der Waals surface area contributed by atoms with Crippen LogP contribution in [0.15, 0.2) is 24.3 Å². The van der Waals surface area contributed by atoms with Gasteiger partial charge in [-0.15, -0.1) is 0 Å². The summed E-state index contributed by atoms with van der Waals surface area (Å²) in [5, 5.41) is 1.17. The Kier molecular flexibility index (Phi) is 3.52. The number of rotatable bonds is 2. The molecule has 1 aromatic carbocycles. The predicted octanol–water partition coefficient (Wildman–Crippen LogP) is 2.80. The molecule has 3 rings (SSSR count). The van der Waals surface area contributed by atoms with E-state index in [1.807, 2.05) is 20.8 Å². The van der Waals surface area contributed by atoms with Crippen LogP contribution >= 0.6 is 11.6 Å². The Morgan fingerprint density at radius 2 is 1.91 bits per heavy atom. The van der Waals surface area contributed by atoms with E-state index >= 15 is 0 Å². The number of hydrogen-bond acceptors (Lipinski definition) is 3. The number of hydrogen-bond donors (Lipinski definition) is 1. The number of nitrogens with zero attached hydrogens (tertiary/aromatic N) is 1. The van der Waals surface area contributed by atoms with Crippen molar-refractivity contribution in [3.63, 3.8) is 0 Å². The van der Waals surface area contributed by atoms with Gasteiger partial charge in [0.25, 0.3) is 17.7 Å². The lowest BCUT2D eigenvalue weighted by Gasteiger charge is -2.47. The van der Waals surface area contributed by atoms with Crippen molar-refractivity contribution in [2.75, 3.05) is 0 Å². The minimum absolute atomic E-state index is 0.233. The molecule has 1 aliphatic carbocycles. The molecule has 0 unspecified atom stereocenters. The summed E-state index contributed by atoms with van der Waals surface area (Å²) in [6.45, 7) is 5.78. The quantitative estimate of drug-likeness (QED) is 0.846. The third-order valence-electron chi connectivity index (χ3n) is 5.75. The molecule has 0 spiro atoms. The molecule has 1 saturated carbocycles. The van der Waals surface area contributed by atoms with Crippen LogP contribution in [0.2, 0.25) is 5.02 Å². The van der Waals surface area contributed by atoms with Crippen LogP contribution in [0.5, 0.6) is 0 Å². The Balaban J connectivity index is 1.90. The maximum atomic E-state index is 12.8. The van der Waals surface area contributed by atoms with Crippen LogP contribution in [0.3, 0.4) is 0 Å². The molecule has 122 valence electrons. The third-order valence-corrected chi connectivity index (χ3v) is 6.08. The van der Waals surface area contributed by atoms with Gasteiger partial charge in [-0.1, -0.05) is 44.5 Å². The highest BCUT2D eigenvalue weighted by Crippen LogP contribution is 2.59. The number of amides is 3. The SMILES string of the molecule is CC1(C)[C@H]2CC[C@]1(C)C(=O)N(NC(=O)c1ccccc1Cl)C2=O. The average molecular weight is 335 g/mol. The van der Waals surface area contributed by atoms with E-state index in [1.165, 1.54) is 0 Å². The van der Waals surface area contributed by atoms with Crippen molar-refractivity contribution in [3.05, 3.63) is 34.9 Å². The van der Waals surface area contributed by atoms with Gasteiger partial charge in [0.2, 0.25) is 0 Å². The Morgan fingerprint density at radius 1 is 1.26 bits per heavy atom. The van der Waals surface area contributed by atoms with Crippen molar-refractivity contribution >= 4 is 29.3 Å². The summed E-state index contributed by atoms with van der Waals surface area (Å²) in [6, 6.07) is 6.52. The Bertz CT molecular complexity index is 716. The van der Waals surface area contributed by atoms with Crippen LogP contribution in [0.1, 0.15) is 44.0 Å². The molecule has 6 heteroatoms. The fraction of sp³-hybridized carbons (Fsp3) is 0.471. The van der Waals surface area contributed by atoms with Gasteiger partial charge in [0.15, 0.2) is 0 Å². The number of fused-ring (bicyclic) bond motifs is 2. The number of nitrogens with one attached hydrogen (secondary N) is 1. The van der Waals surface area contributed by atoms with Crippen molar-refractivity contribution in [2.45, 2.75) is 33.6 Å². The summed E-state index contributed by atoms with van der Waals surface area (Å²) in [4.78, 5) is 37.9. The largest absolute Gasteiger partial charge is 0.272 e. The van der Waals surface area contributed by atoms with Gasteiger partial charge in [0.05, 0.1) is 16.0 Å². The van der Waals surface area contributed by atoms with Gasteiger partial charge in [-0.05, 0) is 30.4 Å². The first-order valence-electron chi connectivity index (χ1n) is 7.64. The van der Waals surface area contributed by atoms with Gasteiger partial charge in [-0.25, -0.2) is 0 Å². The summed E-state index contributed by atoms with van der Waals surface area (Å²) in [5.41, 5.74) is 1.62. The zero-order valence-corrected chi connectivity index (χ0v) is 14.1. The number of piperidine rings is 1. The summed E-state index contributed by atoms with van der Waals surface area (Å²) in [6.07, 6.45) is 1.31. The van der Waals surface area contributed by atoms with Gasteiger partial charge in [-0.3, -0.25) is 19.8 Å². The summed E-state index contributed by atoms with van der Waals surface area (Å²) >= 11 is 6.00. The van der Waals surface area contributed by atoms with E-state index in [0.29, 0.717) is 12.8 Å². The van der Waals surface area contributed by atoms with Crippen molar-refractivity contribution < 1.29 is 14.4 Å². The van der Waals surface area contributed by atoms with Gasteiger partial charge < -0.3 is 0 Å². The second-order valence-corrected chi connectivity index (χ2v) is 7.45. The van der Waals surface area contributed by atoms with Gasteiger partial charge in [-0.2, -0.15) is 5.01 Å². The predicted molar refractivity (Wildman–Crippen MR) is 85.4 cm³/mol. The van der Waals surface area contributed by atoms with E-state index in [1.54, 1.807) is 24.3 Å². The van der Waals surface area contributed by atoms with E-state index in [-0.39, 0.29) is 28.3 Å². The van der Waals surface area contributed by atoms with Crippen molar-refractivity contribution in [2.24, 2.45) is 16.7 Å². The van der Waals surface area contributed by atoms with Crippen LogP contribution in [-0.2, 0) is 9.59 Å². The fourth-order valence-electron chi connectivity index (χ4n) is 3.73. The molecule has 0 aromatic heterocycles. The first-order chi connectivity index (χ1) is 10.7. The molecular weight excluding hydrogens is 316 g/mol. The van der Waals surface area contributed by atoms with E-state index in [2.05, 4.69) is 5.43 Å². The molecule has 1 N–H and O–H groups in total. The molecule has 23 heavy (non-hydrogen) atoms. The zero-order valence-electron chi connectivity index (χ0n) is 13.4. The molecular formula is C17H19ClN2O3. The molecule has 2 bridgehead atoms. The van der Waals surface area contributed by atoms with Crippen LogP contribution < -0.4 is 5.43 Å². The molecule has 2 atom stereocenters. The zero-order chi connectivity index (χ0) is 17.0. The number of imide groups is 1. The van der Waals surface area contributed by atoms with Crippen molar-refractivity contribution in [3.8, 4) is 0 Å². The highest BCUT2D eigenvalue weighted by molar-refractivity contribution is 6.33. The molecule has 1 aliphatic heterocycles. The summed E-state index contributed by atoms with van der Waals surface area (Å²) in [5.74, 6) is -1.51. The lowest BCUT2D eigenvalue weighted by atomic mass is 9.63. The van der Waals surface area contributed by atoms with E-state index in [9.17, 15) is 14.4 Å². The molecule has 1 saturated heterocycles. The first kappa shape index (κ1) is 16.0. The third kappa shape index (κ3) is 2.10. The van der Waals surface area contributed by atoms with Gasteiger partial charge in [0, 0.05) is 5.92 Å². The van der Waals surface area contributed by atoms with Crippen molar-refractivity contribution in [1.29, 1.82) is 0 Å². The second kappa shape index (κ2) is 5.06. The number of benzene rings is 1. The first-order valence-corrected chi connectivity index (χ1v) is 8.02. The molecule has 5 nitrogen and oxygen atoms in total. The lowest BCUT2D eigenvalue weighted by molar-refractivity contribution is -0.171. The fourth-order valence-corrected chi connectivity index (χ4v) is 3.95. The summed E-state index contributed by atoms with van der Waals surface area (Å²) < 4.78 is 0. The summed E-state index contributed by atoms with van der Waals surface area (Å²) in [7, 11) is 0. The monoisotopic (exact) mass is 334 g/mol. The molecule has 2 fully saturated rings. The van der Waals surface area contributed by atoms with Gasteiger partial charge >= 0.3 is 0 Å². The normalized spacial score (nSPS) is 28.9. The Hall–Kier alpha value is -1.88. The van der Waals surface area contributed by atoms with E-state index < -0.39 is 16.7 Å². The second-order valence-electron chi connectivity index (χ2n) is 7.04. The van der Waals surface area contributed by atoms with E-state index in [4.69, 9.17) is 11.6 Å². The number of carbonyl (C=O) groups is 3.